The van der Waals surface area contributed by atoms with Crippen LogP contribution in [0.2, 0.25) is 0 Å². The summed E-state index contributed by atoms with van der Waals surface area (Å²) in [7, 11) is 6.43. The van der Waals surface area contributed by atoms with Gasteiger partial charge in [0.25, 0.3) is 11.8 Å². The molecule has 11 heteroatoms. The van der Waals surface area contributed by atoms with Gasteiger partial charge < -0.3 is 36.0 Å². The summed E-state index contributed by atoms with van der Waals surface area (Å²) in [5.41, 5.74) is 2.14. The SMILES string of the molecule is CN(C)C(=O)c1cc(N(C)C)c2c(c1O)C(=O)C1=C(O)[C@]3(O)C(=O)C(C(N)=O)=C(O)C[C@@H]3CC1C2. The quantitative estimate of drug-likeness (QED) is 0.377. The highest BCUT2D eigenvalue weighted by Gasteiger charge is 2.59. The third-order valence-electron chi connectivity index (χ3n) is 7.16. The van der Waals surface area contributed by atoms with Crippen LogP contribution in [0.1, 0.15) is 39.1 Å². The fourth-order valence-corrected chi connectivity index (χ4v) is 5.47. The average molecular weight is 485 g/mol. The number of phenols is 1. The van der Waals surface area contributed by atoms with Crippen molar-refractivity contribution in [3.63, 3.8) is 0 Å². The molecule has 0 radical (unpaired) electrons. The normalized spacial score (nSPS) is 25.6. The van der Waals surface area contributed by atoms with Crippen molar-refractivity contribution in [3.8, 4) is 5.75 Å². The molecule has 3 atom stereocenters. The molecule has 3 aliphatic carbocycles. The molecule has 2 amide bonds. The van der Waals surface area contributed by atoms with Crippen molar-refractivity contribution in [2.24, 2.45) is 17.6 Å². The third kappa shape index (κ3) is 3.22. The number of nitrogens with zero attached hydrogens (tertiary/aromatic N) is 2. The molecule has 4 rings (SSSR count). The summed E-state index contributed by atoms with van der Waals surface area (Å²) in [6.45, 7) is 0. The number of nitrogens with two attached hydrogens (primary N) is 1. The number of rotatable bonds is 3. The van der Waals surface area contributed by atoms with Gasteiger partial charge in [0.15, 0.2) is 11.4 Å². The maximum Gasteiger partial charge on any atom is 0.257 e. The van der Waals surface area contributed by atoms with Crippen LogP contribution in [0.4, 0.5) is 5.69 Å². The van der Waals surface area contributed by atoms with Gasteiger partial charge in [0.2, 0.25) is 5.78 Å². The smallest absolute Gasteiger partial charge is 0.257 e. The fraction of sp³-hybridized carbons (Fsp3) is 0.417. The highest BCUT2D eigenvalue weighted by Crippen LogP contribution is 2.52. The number of allylic oxidation sites excluding steroid dienone is 2. The molecule has 11 nitrogen and oxygen atoms in total. The minimum Gasteiger partial charge on any atom is -0.511 e. The first-order chi connectivity index (χ1) is 16.2. The topological polar surface area (TPSA) is 182 Å². The van der Waals surface area contributed by atoms with Crippen LogP contribution < -0.4 is 10.6 Å². The van der Waals surface area contributed by atoms with Gasteiger partial charge in [0.1, 0.15) is 22.8 Å². The van der Waals surface area contributed by atoms with E-state index in [4.69, 9.17) is 5.73 Å². The van der Waals surface area contributed by atoms with E-state index in [1.807, 2.05) is 0 Å². The summed E-state index contributed by atoms with van der Waals surface area (Å²) in [4.78, 5) is 54.1. The van der Waals surface area contributed by atoms with E-state index < -0.39 is 63.7 Å². The van der Waals surface area contributed by atoms with Gasteiger partial charge in [-0.05, 0) is 30.4 Å². The van der Waals surface area contributed by atoms with E-state index in [2.05, 4.69) is 0 Å². The summed E-state index contributed by atoms with van der Waals surface area (Å²) >= 11 is 0. The first kappa shape index (κ1) is 24.3. The second kappa shape index (κ2) is 7.84. The number of aliphatic hydroxyl groups is 3. The van der Waals surface area contributed by atoms with Crippen LogP contribution in [0, 0.1) is 11.8 Å². The van der Waals surface area contributed by atoms with Gasteiger partial charge in [-0.1, -0.05) is 0 Å². The summed E-state index contributed by atoms with van der Waals surface area (Å²) in [5, 5.41) is 43.6. The number of benzene rings is 1. The lowest BCUT2D eigenvalue weighted by molar-refractivity contribution is -0.144. The van der Waals surface area contributed by atoms with E-state index in [1.165, 1.54) is 25.1 Å². The Labute approximate surface area is 200 Å². The van der Waals surface area contributed by atoms with Crippen molar-refractivity contribution >= 4 is 29.1 Å². The largest absolute Gasteiger partial charge is 0.511 e. The lowest BCUT2D eigenvalue weighted by Gasteiger charge is -2.46. The summed E-state index contributed by atoms with van der Waals surface area (Å²) in [5.74, 6) is -7.64. The summed E-state index contributed by atoms with van der Waals surface area (Å²) in [6, 6.07) is 1.50. The zero-order valence-corrected chi connectivity index (χ0v) is 19.7. The maximum atomic E-state index is 13.7. The number of Topliss-reactive ketones (excluding diaryl/α,β-unsaturated/α-hetero) is 2. The predicted octanol–water partition coefficient (Wildman–Crippen LogP) is 0.348. The number of phenolic OH excluding ortho intramolecular Hbond substituents is 1. The number of carbonyl (C=O) groups excluding carboxylic acids is 4. The Balaban J connectivity index is 1.96. The number of carbonyl (C=O) groups is 4. The van der Waals surface area contributed by atoms with E-state index in [0.717, 1.165) is 0 Å². The van der Waals surface area contributed by atoms with E-state index in [1.54, 1.807) is 19.0 Å². The van der Waals surface area contributed by atoms with Gasteiger partial charge in [-0.25, -0.2) is 0 Å². The van der Waals surface area contributed by atoms with Crippen molar-refractivity contribution in [1.29, 1.82) is 0 Å². The lowest BCUT2D eigenvalue weighted by atomic mass is 9.60. The molecule has 1 unspecified atom stereocenters. The molecule has 0 aliphatic heterocycles. The molecular formula is C24H27N3O8. The minimum atomic E-state index is -2.63. The second-order valence-electron chi connectivity index (χ2n) is 9.65. The molecule has 1 aromatic rings. The van der Waals surface area contributed by atoms with Crippen LogP contribution in [0.15, 0.2) is 28.7 Å². The number of ketones is 2. The maximum absolute atomic E-state index is 13.7. The zero-order valence-electron chi connectivity index (χ0n) is 19.7. The second-order valence-corrected chi connectivity index (χ2v) is 9.65. The predicted molar refractivity (Wildman–Crippen MR) is 123 cm³/mol. The van der Waals surface area contributed by atoms with Crippen LogP contribution in [-0.2, 0) is 16.0 Å². The molecule has 0 spiro atoms. The van der Waals surface area contributed by atoms with E-state index in [9.17, 15) is 39.6 Å². The van der Waals surface area contributed by atoms with Gasteiger partial charge in [-0.2, -0.15) is 0 Å². The molecule has 1 aromatic carbocycles. The molecule has 6 N–H and O–H groups in total. The Hall–Kier alpha value is -3.86. The number of aliphatic hydroxyl groups excluding tert-OH is 2. The molecule has 0 saturated heterocycles. The standard InChI is InChI=1S/C24H27N3O8/c1-26(2)13-8-12(23(34)27(3)4)18(29)16-11(13)6-9-5-10-7-14(28)17(22(25)33)21(32)24(10,35)20(31)15(9)19(16)30/h8-10,28-29,31,35H,5-7H2,1-4H3,(H2,25,33)/t9?,10-,24-/m0/s1. The van der Waals surface area contributed by atoms with Crippen molar-refractivity contribution in [3.05, 3.63) is 45.4 Å². The monoisotopic (exact) mass is 485 g/mol. The molecule has 0 saturated carbocycles. The van der Waals surface area contributed by atoms with Crippen molar-refractivity contribution < 1.29 is 39.6 Å². The van der Waals surface area contributed by atoms with Crippen LogP contribution in [0.25, 0.3) is 0 Å². The number of fused-ring (bicyclic) bond motifs is 3. The number of hydrogen-bond donors (Lipinski definition) is 5. The summed E-state index contributed by atoms with van der Waals surface area (Å²) < 4.78 is 0. The number of aromatic hydroxyl groups is 1. The Morgan fingerprint density at radius 1 is 1.09 bits per heavy atom. The molecule has 0 fully saturated rings. The average Bonchev–Trinajstić information content (AvgIpc) is 2.75. The van der Waals surface area contributed by atoms with Gasteiger partial charge in [-0.15, -0.1) is 0 Å². The van der Waals surface area contributed by atoms with Crippen LogP contribution in [0.5, 0.6) is 5.75 Å². The van der Waals surface area contributed by atoms with E-state index in [0.29, 0.717) is 11.3 Å². The van der Waals surface area contributed by atoms with Gasteiger partial charge in [-0.3, -0.25) is 19.2 Å². The van der Waals surface area contributed by atoms with Crippen molar-refractivity contribution in [1.82, 2.24) is 4.90 Å². The molecule has 186 valence electrons. The molecule has 0 bridgehead atoms. The summed E-state index contributed by atoms with van der Waals surface area (Å²) in [6.07, 6.45) is -0.0989. The molecule has 0 heterocycles. The Morgan fingerprint density at radius 2 is 1.71 bits per heavy atom. The first-order valence-electron chi connectivity index (χ1n) is 11.0. The highest BCUT2D eigenvalue weighted by molar-refractivity contribution is 6.24. The first-order valence-corrected chi connectivity index (χ1v) is 11.0. The fourth-order valence-electron chi connectivity index (χ4n) is 5.47. The minimum absolute atomic E-state index is 0.0366. The van der Waals surface area contributed by atoms with E-state index in [-0.39, 0.29) is 36.0 Å². The van der Waals surface area contributed by atoms with Crippen molar-refractivity contribution in [2.45, 2.75) is 24.9 Å². The molecule has 0 aromatic heterocycles. The highest BCUT2D eigenvalue weighted by atomic mass is 16.3. The number of primary amides is 1. The number of amides is 2. The van der Waals surface area contributed by atoms with Gasteiger partial charge in [0, 0.05) is 51.8 Å². The molecular weight excluding hydrogens is 458 g/mol. The number of hydrogen-bond acceptors (Lipinski definition) is 9. The number of anilines is 1. The van der Waals surface area contributed by atoms with Crippen molar-refractivity contribution in [2.75, 3.05) is 33.1 Å². The third-order valence-corrected chi connectivity index (χ3v) is 7.16. The Bertz CT molecular complexity index is 1280. The Morgan fingerprint density at radius 3 is 2.26 bits per heavy atom. The van der Waals surface area contributed by atoms with E-state index >= 15 is 0 Å². The van der Waals surface area contributed by atoms with Crippen LogP contribution in [-0.4, -0.2) is 82.5 Å². The molecule has 35 heavy (non-hydrogen) atoms. The molecule has 3 aliphatic rings. The van der Waals surface area contributed by atoms with Gasteiger partial charge in [0.05, 0.1) is 11.1 Å². The van der Waals surface area contributed by atoms with Crippen LogP contribution >= 0.6 is 0 Å². The van der Waals surface area contributed by atoms with Gasteiger partial charge >= 0.3 is 0 Å². The van der Waals surface area contributed by atoms with Crippen LogP contribution in [0.3, 0.4) is 0 Å². The lowest BCUT2D eigenvalue weighted by Crippen LogP contribution is -2.57. The Kier molecular flexibility index (Phi) is 5.44. The zero-order chi connectivity index (χ0) is 26.1.